The Hall–Kier alpha value is -2.14. The van der Waals surface area contributed by atoms with E-state index in [-0.39, 0.29) is 12.0 Å². The van der Waals surface area contributed by atoms with E-state index in [1.54, 1.807) is 10.7 Å². The first kappa shape index (κ1) is 14.5. The van der Waals surface area contributed by atoms with Crippen LogP contribution in [0.25, 0.3) is 5.69 Å². The number of carbonyl (C=O) groups excluding carboxylic acids is 1. The molecule has 0 saturated heterocycles. The number of aromatic nitrogens is 2. The van der Waals surface area contributed by atoms with Crippen molar-refractivity contribution in [2.24, 2.45) is 0 Å². The molecular formula is C18H21N3O2. The van der Waals surface area contributed by atoms with Gasteiger partial charge in [-0.05, 0) is 43.9 Å². The van der Waals surface area contributed by atoms with Crippen molar-refractivity contribution in [2.75, 3.05) is 0 Å². The van der Waals surface area contributed by atoms with Crippen molar-refractivity contribution in [3.63, 3.8) is 0 Å². The number of rotatable bonds is 5. The van der Waals surface area contributed by atoms with Gasteiger partial charge in [-0.2, -0.15) is 5.10 Å². The maximum atomic E-state index is 12.5. The zero-order chi connectivity index (χ0) is 15.6. The van der Waals surface area contributed by atoms with Crippen LogP contribution in [0.3, 0.4) is 0 Å². The predicted molar refractivity (Wildman–Crippen MR) is 86.3 cm³/mol. The van der Waals surface area contributed by atoms with E-state index in [1.807, 2.05) is 30.5 Å². The zero-order valence-corrected chi connectivity index (χ0v) is 13.1. The molecule has 2 aliphatic carbocycles. The van der Waals surface area contributed by atoms with Crippen molar-refractivity contribution in [3.8, 4) is 5.69 Å². The highest BCUT2D eigenvalue weighted by atomic mass is 16.7. The van der Waals surface area contributed by atoms with Gasteiger partial charge in [-0.25, -0.2) is 10.2 Å². The quantitative estimate of drug-likeness (QED) is 0.862. The molecular weight excluding hydrogens is 290 g/mol. The third kappa shape index (κ3) is 3.15. The Kier molecular flexibility index (Phi) is 3.87. The molecule has 0 radical (unpaired) electrons. The lowest BCUT2D eigenvalue weighted by Crippen LogP contribution is -2.29. The standard InChI is InChI=1S/C18H21N3O2/c22-18(20-23-14-5-1-2-6-14)15-7-3-4-8-17(15)21-12-11-16(19-21)13-9-10-13/h3-4,7-8,11-14H,1-2,5-6,9-10H2,(H,20,22). The Morgan fingerprint density at radius 1 is 1.13 bits per heavy atom. The Morgan fingerprint density at radius 3 is 2.70 bits per heavy atom. The highest BCUT2D eigenvalue weighted by Gasteiger charge is 2.26. The van der Waals surface area contributed by atoms with Gasteiger partial charge < -0.3 is 0 Å². The van der Waals surface area contributed by atoms with Crippen LogP contribution < -0.4 is 5.48 Å². The van der Waals surface area contributed by atoms with Crippen LogP contribution >= 0.6 is 0 Å². The van der Waals surface area contributed by atoms with Crippen molar-refractivity contribution in [1.29, 1.82) is 0 Å². The molecule has 4 rings (SSSR count). The molecule has 1 heterocycles. The smallest absolute Gasteiger partial charge is 0.270 e. The molecule has 5 nitrogen and oxygen atoms in total. The molecule has 1 aromatic heterocycles. The summed E-state index contributed by atoms with van der Waals surface area (Å²) in [5, 5.41) is 4.62. The van der Waals surface area contributed by atoms with Crippen molar-refractivity contribution in [1.82, 2.24) is 15.3 Å². The predicted octanol–water partition coefficient (Wildman–Crippen LogP) is 3.35. The average Bonchev–Trinajstić information content (AvgIpc) is 3.11. The van der Waals surface area contributed by atoms with Gasteiger partial charge >= 0.3 is 0 Å². The summed E-state index contributed by atoms with van der Waals surface area (Å²) in [5.41, 5.74) is 5.09. The molecule has 0 bridgehead atoms. The molecule has 1 aromatic carbocycles. The van der Waals surface area contributed by atoms with Gasteiger partial charge in [-0.1, -0.05) is 25.0 Å². The Morgan fingerprint density at radius 2 is 1.91 bits per heavy atom. The summed E-state index contributed by atoms with van der Waals surface area (Å²) >= 11 is 0. The SMILES string of the molecule is O=C(NOC1CCCC1)c1ccccc1-n1ccc(C2CC2)n1. The fourth-order valence-corrected chi connectivity index (χ4v) is 3.13. The summed E-state index contributed by atoms with van der Waals surface area (Å²) in [5.74, 6) is 0.388. The van der Waals surface area contributed by atoms with E-state index in [9.17, 15) is 4.79 Å². The normalized spacial score (nSPS) is 18.3. The second-order valence-corrected chi connectivity index (χ2v) is 6.43. The molecule has 0 atom stereocenters. The van der Waals surface area contributed by atoms with E-state index in [2.05, 4.69) is 10.6 Å². The monoisotopic (exact) mass is 311 g/mol. The van der Waals surface area contributed by atoms with Crippen molar-refractivity contribution < 1.29 is 9.63 Å². The Balaban J connectivity index is 1.52. The number of hydrogen-bond donors (Lipinski definition) is 1. The van der Waals surface area contributed by atoms with Gasteiger partial charge in [0.1, 0.15) is 0 Å². The molecule has 2 fully saturated rings. The summed E-state index contributed by atoms with van der Waals surface area (Å²) in [7, 11) is 0. The summed E-state index contributed by atoms with van der Waals surface area (Å²) in [6.45, 7) is 0. The van der Waals surface area contributed by atoms with Crippen LogP contribution in [0.5, 0.6) is 0 Å². The number of nitrogens with one attached hydrogen (secondary N) is 1. The van der Waals surface area contributed by atoms with E-state index in [0.717, 1.165) is 24.2 Å². The number of nitrogens with zero attached hydrogens (tertiary/aromatic N) is 2. The minimum atomic E-state index is -0.212. The summed E-state index contributed by atoms with van der Waals surface area (Å²) in [4.78, 5) is 18.0. The summed E-state index contributed by atoms with van der Waals surface area (Å²) in [6, 6.07) is 9.54. The summed E-state index contributed by atoms with van der Waals surface area (Å²) < 4.78 is 1.79. The average molecular weight is 311 g/mol. The molecule has 120 valence electrons. The Bertz CT molecular complexity index is 700. The topological polar surface area (TPSA) is 56.1 Å². The second-order valence-electron chi connectivity index (χ2n) is 6.43. The van der Waals surface area contributed by atoms with Crippen LogP contribution in [0.1, 0.15) is 60.5 Å². The Labute approximate surface area is 135 Å². The van der Waals surface area contributed by atoms with Crippen molar-refractivity contribution in [3.05, 3.63) is 47.8 Å². The fourth-order valence-electron chi connectivity index (χ4n) is 3.13. The van der Waals surface area contributed by atoms with Gasteiger partial charge in [-0.3, -0.25) is 9.63 Å². The van der Waals surface area contributed by atoms with Crippen LogP contribution in [0.15, 0.2) is 36.5 Å². The van der Waals surface area contributed by atoms with E-state index in [1.165, 1.54) is 25.7 Å². The highest BCUT2D eigenvalue weighted by Crippen LogP contribution is 2.39. The molecule has 0 unspecified atom stereocenters. The van der Waals surface area contributed by atoms with E-state index >= 15 is 0 Å². The fraction of sp³-hybridized carbons (Fsp3) is 0.444. The van der Waals surface area contributed by atoms with Gasteiger partial charge in [0.2, 0.25) is 0 Å². The maximum Gasteiger partial charge on any atom is 0.277 e. The molecule has 2 saturated carbocycles. The van der Waals surface area contributed by atoms with E-state index < -0.39 is 0 Å². The van der Waals surface area contributed by atoms with Crippen LogP contribution in [-0.4, -0.2) is 21.8 Å². The van der Waals surface area contributed by atoms with Crippen LogP contribution in [0, 0.1) is 0 Å². The lowest BCUT2D eigenvalue weighted by molar-refractivity contribution is -0.0124. The van der Waals surface area contributed by atoms with Crippen LogP contribution in [0.2, 0.25) is 0 Å². The molecule has 0 spiro atoms. The number of hydrogen-bond acceptors (Lipinski definition) is 3. The minimum absolute atomic E-state index is 0.150. The van der Waals surface area contributed by atoms with Gasteiger partial charge in [-0.15, -0.1) is 0 Å². The van der Waals surface area contributed by atoms with Gasteiger partial charge in [0.05, 0.1) is 23.0 Å². The molecule has 23 heavy (non-hydrogen) atoms. The highest BCUT2D eigenvalue weighted by molar-refractivity contribution is 5.97. The molecule has 1 N–H and O–H groups in total. The molecule has 5 heteroatoms. The molecule has 2 aliphatic rings. The molecule has 1 amide bonds. The lowest BCUT2D eigenvalue weighted by Gasteiger charge is -2.13. The largest absolute Gasteiger partial charge is 0.277 e. The van der Waals surface area contributed by atoms with Gasteiger partial charge in [0.15, 0.2) is 0 Å². The first-order valence-corrected chi connectivity index (χ1v) is 8.42. The summed E-state index contributed by atoms with van der Waals surface area (Å²) in [6.07, 6.45) is 8.90. The van der Waals surface area contributed by atoms with Crippen molar-refractivity contribution in [2.45, 2.75) is 50.5 Å². The third-order valence-electron chi connectivity index (χ3n) is 4.62. The number of hydroxylamine groups is 1. The number of carbonyl (C=O) groups is 1. The maximum absolute atomic E-state index is 12.5. The first-order chi connectivity index (χ1) is 11.3. The van der Waals surface area contributed by atoms with Gasteiger partial charge in [0, 0.05) is 12.1 Å². The first-order valence-electron chi connectivity index (χ1n) is 8.42. The van der Waals surface area contributed by atoms with E-state index in [4.69, 9.17) is 4.84 Å². The number of benzene rings is 1. The second kappa shape index (κ2) is 6.16. The van der Waals surface area contributed by atoms with Crippen LogP contribution in [0.4, 0.5) is 0 Å². The van der Waals surface area contributed by atoms with E-state index in [0.29, 0.717) is 11.5 Å². The number of amides is 1. The van der Waals surface area contributed by atoms with Gasteiger partial charge in [0.25, 0.3) is 5.91 Å². The molecule has 2 aromatic rings. The molecule has 0 aliphatic heterocycles. The zero-order valence-electron chi connectivity index (χ0n) is 13.1. The van der Waals surface area contributed by atoms with Crippen molar-refractivity contribution >= 4 is 5.91 Å². The third-order valence-corrected chi connectivity index (χ3v) is 4.62. The number of para-hydroxylation sites is 1. The van der Waals surface area contributed by atoms with Crippen LogP contribution in [-0.2, 0) is 4.84 Å². The lowest BCUT2D eigenvalue weighted by atomic mass is 10.1. The minimum Gasteiger partial charge on any atom is -0.270 e.